The Bertz CT molecular complexity index is 634. The van der Waals surface area contributed by atoms with E-state index in [0.29, 0.717) is 17.2 Å². The fourth-order valence-corrected chi connectivity index (χ4v) is 2.70. The lowest BCUT2D eigenvalue weighted by atomic mass is 9.83. The van der Waals surface area contributed by atoms with Gasteiger partial charge in [-0.2, -0.15) is 0 Å². The highest BCUT2D eigenvalue weighted by atomic mass is 32.1. The molecule has 120 valence electrons. The third kappa shape index (κ3) is 3.24. The Morgan fingerprint density at radius 2 is 2.05 bits per heavy atom. The summed E-state index contributed by atoms with van der Waals surface area (Å²) in [6, 6.07) is 3.85. The zero-order valence-electron chi connectivity index (χ0n) is 13.8. The molecule has 1 unspecified atom stereocenters. The number of carbonyl (C=O) groups is 1. The van der Waals surface area contributed by atoms with Crippen LogP contribution in [0.3, 0.4) is 0 Å². The minimum Gasteiger partial charge on any atom is -0.480 e. The van der Waals surface area contributed by atoms with Crippen LogP contribution < -0.4 is 15.2 Å². The van der Waals surface area contributed by atoms with Crippen LogP contribution in [0.5, 0.6) is 11.5 Å². The summed E-state index contributed by atoms with van der Waals surface area (Å²) >= 11 is 5.13. The highest BCUT2D eigenvalue weighted by Crippen LogP contribution is 2.41. The molecule has 5 heteroatoms. The van der Waals surface area contributed by atoms with Crippen LogP contribution in [-0.2, 0) is 16.6 Å². The van der Waals surface area contributed by atoms with Crippen LogP contribution in [0.2, 0.25) is 0 Å². The second-order valence-electron chi connectivity index (χ2n) is 7.00. The van der Waals surface area contributed by atoms with Gasteiger partial charge in [0.05, 0.1) is 0 Å². The number of benzene rings is 1. The van der Waals surface area contributed by atoms with Gasteiger partial charge in [-0.3, -0.25) is 4.79 Å². The van der Waals surface area contributed by atoms with E-state index in [1.165, 1.54) is 6.92 Å². The lowest BCUT2D eigenvalue weighted by Crippen LogP contribution is -2.47. The number of aryl methyl sites for hydroxylation is 1. The van der Waals surface area contributed by atoms with Crippen molar-refractivity contribution in [1.29, 1.82) is 0 Å². The first-order valence-electron chi connectivity index (χ1n) is 7.38. The van der Waals surface area contributed by atoms with Crippen molar-refractivity contribution in [2.45, 2.75) is 58.5 Å². The molecule has 1 aliphatic rings. The smallest absolute Gasteiger partial charge is 0.308 e. The van der Waals surface area contributed by atoms with Crippen molar-refractivity contribution in [3.63, 3.8) is 0 Å². The number of thiocarbonyl (C=S) groups is 1. The summed E-state index contributed by atoms with van der Waals surface area (Å²) in [6.45, 7) is 9.52. The van der Waals surface area contributed by atoms with Gasteiger partial charge >= 0.3 is 5.97 Å². The predicted octanol–water partition coefficient (Wildman–Crippen LogP) is 3.28. The van der Waals surface area contributed by atoms with Crippen molar-refractivity contribution >= 4 is 23.2 Å². The van der Waals surface area contributed by atoms with E-state index < -0.39 is 5.60 Å². The fraction of sp³-hybridized carbons (Fsp3) is 0.529. The van der Waals surface area contributed by atoms with Crippen molar-refractivity contribution in [3.05, 3.63) is 23.3 Å². The van der Waals surface area contributed by atoms with E-state index in [1.54, 1.807) is 0 Å². The summed E-state index contributed by atoms with van der Waals surface area (Å²) in [7, 11) is 0. The Morgan fingerprint density at radius 1 is 1.41 bits per heavy atom. The van der Waals surface area contributed by atoms with E-state index in [0.717, 1.165) is 23.3 Å². The Morgan fingerprint density at radius 3 is 2.55 bits per heavy atom. The molecule has 0 saturated heterocycles. The molecule has 0 amide bonds. The maximum atomic E-state index is 11.4. The zero-order valence-corrected chi connectivity index (χ0v) is 14.6. The Hall–Kier alpha value is -1.62. The molecule has 1 atom stereocenters. The van der Waals surface area contributed by atoms with Gasteiger partial charge < -0.3 is 15.2 Å². The minimum absolute atomic E-state index is 0.180. The Labute approximate surface area is 137 Å². The van der Waals surface area contributed by atoms with Crippen molar-refractivity contribution < 1.29 is 14.3 Å². The van der Waals surface area contributed by atoms with Gasteiger partial charge in [0.15, 0.2) is 5.60 Å². The van der Waals surface area contributed by atoms with Crippen LogP contribution in [0.1, 0.15) is 52.2 Å². The molecule has 0 aromatic heterocycles. The predicted molar refractivity (Wildman–Crippen MR) is 90.6 cm³/mol. The number of nitrogens with two attached hydrogens (primary N) is 1. The van der Waals surface area contributed by atoms with Gasteiger partial charge in [-0.05, 0) is 42.9 Å². The van der Waals surface area contributed by atoms with E-state index >= 15 is 0 Å². The second kappa shape index (κ2) is 5.54. The van der Waals surface area contributed by atoms with Crippen LogP contribution in [0.4, 0.5) is 0 Å². The summed E-state index contributed by atoms with van der Waals surface area (Å²) in [5.74, 6) is 1.04. The highest BCUT2D eigenvalue weighted by molar-refractivity contribution is 7.80. The van der Waals surface area contributed by atoms with Crippen molar-refractivity contribution in [1.82, 2.24) is 0 Å². The molecule has 4 nitrogen and oxygen atoms in total. The molecule has 0 radical (unpaired) electrons. The molecule has 0 saturated carbocycles. The summed E-state index contributed by atoms with van der Waals surface area (Å²) < 4.78 is 11.5. The topological polar surface area (TPSA) is 61.5 Å². The van der Waals surface area contributed by atoms with Crippen LogP contribution in [0, 0.1) is 0 Å². The largest absolute Gasteiger partial charge is 0.480 e. The van der Waals surface area contributed by atoms with E-state index in [1.807, 2.05) is 19.1 Å². The summed E-state index contributed by atoms with van der Waals surface area (Å²) in [5, 5.41) is 0. The molecule has 22 heavy (non-hydrogen) atoms. The van der Waals surface area contributed by atoms with Gasteiger partial charge in [-0.15, -0.1) is 0 Å². The van der Waals surface area contributed by atoms with E-state index in [9.17, 15) is 4.79 Å². The first-order valence-corrected chi connectivity index (χ1v) is 7.78. The number of fused-ring (bicyclic) bond motifs is 1. The molecular formula is C17H23NO3S. The molecule has 1 aromatic carbocycles. The number of ether oxygens (including phenoxy) is 2. The standard InChI is InChI=1S/C17H23NO3S/c1-10(19)20-14-8-11-6-7-17(5,15(18)22)21-13(11)9-12(14)16(2,3)4/h8-9H,6-7H2,1-5H3,(H2,18,22). The first kappa shape index (κ1) is 16.7. The Kier molecular flexibility index (Phi) is 4.22. The summed E-state index contributed by atoms with van der Waals surface area (Å²) in [4.78, 5) is 11.7. The minimum atomic E-state index is -0.625. The number of hydrogen-bond donors (Lipinski definition) is 1. The molecule has 0 aliphatic carbocycles. The van der Waals surface area contributed by atoms with E-state index in [4.69, 9.17) is 27.4 Å². The SMILES string of the molecule is CC(=O)Oc1cc2c(cc1C(C)(C)C)OC(C)(C(N)=S)CC2. The molecule has 0 spiro atoms. The number of rotatable bonds is 2. The summed E-state index contributed by atoms with van der Waals surface area (Å²) in [5.41, 5.74) is 6.95. The van der Waals surface area contributed by atoms with Gasteiger partial charge in [-0.25, -0.2) is 0 Å². The lowest BCUT2D eigenvalue weighted by Gasteiger charge is -2.36. The summed E-state index contributed by atoms with van der Waals surface area (Å²) in [6.07, 6.45) is 1.49. The van der Waals surface area contributed by atoms with Crippen LogP contribution in [0.25, 0.3) is 0 Å². The van der Waals surface area contributed by atoms with Crippen molar-refractivity contribution in [3.8, 4) is 11.5 Å². The average Bonchev–Trinajstić information content (AvgIpc) is 2.36. The molecule has 0 bridgehead atoms. The van der Waals surface area contributed by atoms with E-state index in [2.05, 4.69) is 20.8 Å². The molecule has 1 heterocycles. The normalized spacial score (nSPS) is 20.8. The van der Waals surface area contributed by atoms with Crippen LogP contribution in [-0.4, -0.2) is 16.6 Å². The monoisotopic (exact) mass is 321 g/mol. The molecule has 0 fully saturated rings. The Balaban J connectivity index is 2.52. The van der Waals surface area contributed by atoms with Gasteiger partial charge in [0, 0.05) is 12.5 Å². The molecule has 1 aromatic rings. The fourth-order valence-electron chi connectivity index (χ4n) is 2.56. The van der Waals surface area contributed by atoms with Gasteiger partial charge in [0.25, 0.3) is 0 Å². The van der Waals surface area contributed by atoms with Gasteiger partial charge in [0.1, 0.15) is 16.5 Å². The third-order valence-electron chi connectivity index (χ3n) is 3.95. The van der Waals surface area contributed by atoms with Gasteiger partial charge in [0.2, 0.25) is 0 Å². The average molecular weight is 321 g/mol. The molecule has 1 aliphatic heterocycles. The van der Waals surface area contributed by atoms with Crippen molar-refractivity contribution in [2.75, 3.05) is 0 Å². The number of hydrogen-bond acceptors (Lipinski definition) is 4. The first-order chi connectivity index (χ1) is 10.0. The number of esters is 1. The maximum absolute atomic E-state index is 11.4. The van der Waals surface area contributed by atoms with Gasteiger partial charge in [-0.1, -0.05) is 33.0 Å². The van der Waals surface area contributed by atoms with Crippen molar-refractivity contribution in [2.24, 2.45) is 5.73 Å². The highest BCUT2D eigenvalue weighted by Gasteiger charge is 2.36. The van der Waals surface area contributed by atoms with Crippen LogP contribution >= 0.6 is 12.2 Å². The maximum Gasteiger partial charge on any atom is 0.308 e. The zero-order chi connectivity index (χ0) is 16.7. The van der Waals surface area contributed by atoms with E-state index in [-0.39, 0.29) is 11.4 Å². The third-order valence-corrected chi connectivity index (χ3v) is 4.38. The number of carbonyl (C=O) groups excluding carboxylic acids is 1. The lowest BCUT2D eigenvalue weighted by molar-refractivity contribution is -0.131. The molecular weight excluding hydrogens is 298 g/mol. The quantitative estimate of drug-likeness (QED) is 0.514. The molecule has 2 rings (SSSR count). The molecule has 2 N–H and O–H groups in total. The second-order valence-corrected chi connectivity index (χ2v) is 7.44. The van der Waals surface area contributed by atoms with Crippen LogP contribution in [0.15, 0.2) is 12.1 Å².